The molecule has 2 N–H and O–H groups in total. The summed E-state index contributed by atoms with van der Waals surface area (Å²) in [5.74, 6) is -0.290. The molecule has 1 aromatic rings. The van der Waals surface area contributed by atoms with Gasteiger partial charge in [-0.3, -0.25) is 0 Å². The number of carbonyl (C=O) groups excluding carboxylic acids is 1. The Morgan fingerprint density at radius 2 is 2.05 bits per heavy atom. The lowest BCUT2D eigenvalue weighted by Crippen LogP contribution is -2.42. The largest absolute Gasteiger partial charge is 0.462 e. The fraction of sp³-hybridized carbons (Fsp3) is 0.562. The second kappa shape index (κ2) is 6.80. The molecule has 5 heteroatoms. The lowest BCUT2D eigenvalue weighted by molar-refractivity contribution is 0.0526. The highest BCUT2D eigenvalue weighted by Gasteiger charge is 2.22. The van der Waals surface area contributed by atoms with Crippen molar-refractivity contribution >= 4 is 17.3 Å². The highest BCUT2D eigenvalue weighted by Crippen LogP contribution is 2.28. The van der Waals surface area contributed by atoms with Gasteiger partial charge in [0.15, 0.2) is 0 Å². The Bertz CT molecular complexity index is 494. The Kier molecular flexibility index (Phi) is 5.07. The Morgan fingerprint density at radius 3 is 2.62 bits per heavy atom. The van der Waals surface area contributed by atoms with Crippen LogP contribution in [0.1, 0.15) is 30.1 Å². The molecular formula is C16H25N3O2. The summed E-state index contributed by atoms with van der Waals surface area (Å²) >= 11 is 0. The van der Waals surface area contributed by atoms with Gasteiger partial charge in [-0.25, -0.2) is 4.79 Å². The number of nitrogens with zero attached hydrogens (tertiary/aromatic N) is 2. The molecule has 1 aliphatic heterocycles. The minimum absolute atomic E-state index is 0.290. The molecule has 1 aliphatic rings. The first kappa shape index (κ1) is 15.6. The molecular weight excluding hydrogens is 266 g/mol. The van der Waals surface area contributed by atoms with Crippen LogP contribution in [0.25, 0.3) is 0 Å². The molecule has 1 aromatic carbocycles. The molecule has 0 aliphatic carbocycles. The third-order valence-electron chi connectivity index (χ3n) is 4.08. The van der Waals surface area contributed by atoms with Crippen molar-refractivity contribution in [3.63, 3.8) is 0 Å². The average molecular weight is 291 g/mol. The number of hydrogen-bond acceptors (Lipinski definition) is 5. The van der Waals surface area contributed by atoms with Gasteiger partial charge < -0.3 is 20.3 Å². The van der Waals surface area contributed by atoms with Crippen molar-refractivity contribution in [1.29, 1.82) is 0 Å². The number of rotatable bonds is 4. The smallest absolute Gasteiger partial charge is 0.338 e. The van der Waals surface area contributed by atoms with Crippen LogP contribution in [-0.2, 0) is 4.74 Å². The number of benzene rings is 1. The van der Waals surface area contributed by atoms with Gasteiger partial charge >= 0.3 is 5.97 Å². The van der Waals surface area contributed by atoms with Crippen molar-refractivity contribution in [2.24, 2.45) is 0 Å². The first-order valence-corrected chi connectivity index (χ1v) is 7.51. The lowest BCUT2D eigenvalue weighted by Gasteiger charge is -2.37. The monoisotopic (exact) mass is 291 g/mol. The molecule has 116 valence electrons. The van der Waals surface area contributed by atoms with Crippen molar-refractivity contribution in [2.75, 3.05) is 44.4 Å². The van der Waals surface area contributed by atoms with Crippen LogP contribution in [0.5, 0.6) is 0 Å². The quantitative estimate of drug-likeness (QED) is 0.679. The zero-order valence-corrected chi connectivity index (χ0v) is 13.1. The van der Waals surface area contributed by atoms with Crippen LogP contribution in [0, 0.1) is 0 Å². The van der Waals surface area contributed by atoms with Gasteiger partial charge in [-0.2, -0.15) is 0 Å². The summed E-state index contributed by atoms with van der Waals surface area (Å²) in [5.41, 5.74) is 8.31. The van der Waals surface area contributed by atoms with Crippen molar-refractivity contribution in [2.45, 2.75) is 25.8 Å². The van der Waals surface area contributed by atoms with Crippen molar-refractivity contribution < 1.29 is 9.53 Å². The summed E-state index contributed by atoms with van der Waals surface area (Å²) in [6, 6.07) is 5.99. The predicted octanol–water partition coefficient (Wildman–Crippen LogP) is 1.98. The van der Waals surface area contributed by atoms with Gasteiger partial charge in [-0.1, -0.05) is 0 Å². The van der Waals surface area contributed by atoms with E-state index in [1.807, 2.05) is 13.0 Å². The maximum absolute atomic E-state index is 11.8. The Balaban J connectivity index is 2.13. The topological polar surface area (TPSA) is 58.8 Å². The van der Waals surface area contributed by atoms with Crippen LogP contribution in [0.15, 0.2) is 18.2 Å². The van der Waals surface area contributed by atoms with Crippen LogP contribution < -0.4 is 10.6 Å². The van der Waals surface area contributed by atoms with Gasteiger partial charge in [0, 0.05) is 19.1 Å². The summed E-state index contributed by atoms with van der Waals surface area (Å²) in [6.45, 7) is 4.10. The molecule has 1 heterocycles. The van der Waals surface area contributed by atoms with Gasteiger partial charge in [0.2, 0.25) is 0 Å². The number of nitrogen functional groups attached to an aromatic ring is 1. The molecule has 1 fully saturated rings. The van der Waals surface area contributed by atoms with Gasteiger partial charge in [-0.05, 0) is 52.1 Å². The number of hydrogen-bond donors (Lipinski definition) is 1. The van der Waals surface area contributed by atoms with Crippen LogP contribution in [-0.4, -0.2) is 50.7 Å². The minimum atomic E-state index is -0.290. The van der Waals surface area contributed by atoms with E-state index in [2.05, 4.69) is 23.9 Å². The lowest BCUT2D eigenvalue weighted by atomic mass is 10.0. The normalized spacial score (nSPS) is 16.3. The van der Waals surface area contributed by atoms with E-state index in [1.54, 1.807) is 12.1 Å². The van der Waals surface area contributed by atoms with Crippen LogP contribution in [0.2, 0.25) is 0 Å². The molecule has 0 saturated carbocycles. The zero-order valence-electron chi connectivity index (χ0n) is 13.1. The Morgan fingerprint density at radius 1 is 1.38 bits per heavy atom. The van der Waals surface area contributed by atoms with Gasteiger partial charge in [-0.15, -0.1) is 0 Å². The van der Waals surface area contributed by atoms with E-state index in [-0.39, 0.29) is 5.97 Å². The van der Waals surface area contributed by atoms with Crippen molar-refractivity contribution in [3.8, 4) is 0 Å². The number of anilines is 2. The van der Waals surface area contributed by atoms with E-state index < -0.39 is 0 Å². The van der Waals surface area contributed by atoms with E-state index in [4.69, 9.17) is 10.5 Å². The number of piperidine rings is 1. The second-order valence-corrected chi connectivity index (χ2v) is 5.68. The van der Waals surface area contributed by atoms with E-state index in [9.17, 15) is 4.79 Å². The summed E-state index contributed by atoms with van der Waals surface area (Å²) in [6.07, 6.45) is 2.21. The van der Waals surface area contributed by atoms with E-state index in [1.165, 1.54) is 0 Å². The molecule has 5 nitrogen and oxygen atoms in total. The summed E-state index contributed by atoms with van der Waals surface area (Å²) < 4.78 is 5.05. The third-order valence-corrected chi connectivity index (χ3v) is 4.08. The number of esters is 1. The molecule has 21 heavy (non-hydrogen) atoms. The molecule has 0 bridgehead atoms. The Hall–Kier alpha value is -1.75. The van der Waals surface area contributed by atoms with E-state index >= 15 is 0 Å². The standard InChI is InChI=1S/C16H25N3O2/c1-4-21-16(20)12-5-6-14(17)15(11-12)19-9-7-13(8-10-19)18(2)3/h5-6,11,13H,4,7-10,17H2,1-3H3. The van der Waals surface area contributed by atoms with Crippen LogP contribution >= 0.6 is 0 Å². The number of ether oxygens (including phenoxy) is 1. The zero-order chi connectivity index (χ0) is 15.4. The van der Waals surface area contributed by atoms with Crippen LogP contribution in [0.3, 0.4) is 0 Å². The molecule has 0 radical (unpaired) electrons. The SMILES string of the molecule is CCOC(=O)c1ccc(N)c(N2CCC(N(C)C)CC2)c1. The van der Waals surface area contributed by atoms with Gasteiger partial charge in [0.25, 0.3) is 0 Å². The molecule has 0 atom stereocenters. The summed E-state index contributed by atoms with van der Waals surface area (Å²) in [5, 5.41) is 0. The van der Waals surface area contributed by atoms with Crippen molar-refractivity contribution in [1.82, 2.24) is 4.90 Å². The fourth-order valence-electron chi connectivity index (χ4n) is 2.78. The van der Waals surface area contributed by atoms with Crippen LogP contribution in [0.4, 0.5) is 11.4 Å². The molecule has 1 saturated heterocycles. The number of nitrogens with two attached hydrogens (primary N) is 1. The molecule has 0 spiro atoms. The average Bonchev–Trinajstić information content (AvgIpc) is 2.48. The van der Waals surface area contributed by atoms with Gasteiger partial charge in [0.1, 0.15) is 0 Å². The van der Waals surface area contributed by atoms with Gasteiger partial charge in [0.05, 0.1) is 23.5 Å². The second-order valence-electron chi connectivity index (χ2n) is 5.68. The molecule has 0 unspecified atom stereocenters. The predicted molar refractivity (Wildman–Crippen MR) is 85.7 cm³/mol. The maximum atomic E-state index is 11.8. The first-order chi connectivity index (χ1) is 10.0. The molecule has 0 aromatic heterocycles. The first-order valence-electron chi connectivity index (χ1n) is 7.51. The molecule has 2 rings (SSSR count). The highest BCUT2D eigenvalue weighted by atomic mass is 16.5. The maximum Gasteiger partial charge on any atom is 0.338 e. The Labute approximate surface area is 126 Å². The summed E-state index contributed by atoms with van der Waals surface area (Å²) in [7, 11) is 4.24. The van der Waals surface area contributed by atoms with E-state index in [0.717, 1.165) is 31.6 Å². The molecule has 0 amide bonds. The number of carbonyl (C=O) groups is 1. The van der Waals surface area contributed by atoms with Crippen molar-refractivity contribution in [3.05, 3.63) is 23.8 Å². The minimum Gasteiger partial charge on any atom is -0.462 e. The van der Waals surface area contributed by atoms with E-state index in [0.29, 0.717) is 23.9 Å². The summed E-state index contributed by atoms with van der Waals surface area (Å²) in [4.78, 5) is 16.4. The third kappa shape index (κ3) is 3.67. The fourth-order valence-corrected chi connectivity index (χ4v) is 2.78. The highest BCUT2D eigenvalue weighted by molar-refractivity contribution is 5.92.